The van der Waals surface area contributed by atoms with Gasteiger partial charge in [0.25, 0.3) is 0 Å². The van der Waals surface area contributed by atoms with Crippen molar-refractivity contribution in [2.45, 2.75) is 64.4 Å². The number of rotatable bonds is 9. The van der Waals surface area contributed by atoms with Crippen LogP contribution in [0.3, 0.4) is 0 Å². The van der Waals surface area contributed by atoms with Gasteiger partial charge in [0.1, 0.15) is 0 Å². The van der Waals surface area contributed by atoms with Crippen LogP contribution in [0.4, 0.5) is 0 Å². The molecule has 0 bridgehead atoms. The van der Waals surface area contributed by atoms with Crippen molar-refractivity contribution in [3.05, 3.63) is 33.8 Å². The van der Waals surface area contributed by atoms with E-state index in [9.17, 15) is 5.11 Å². The molecule has 0 radical (unpaired) electrons. The van der Waals surface area contributed by atoms with Crippen molar-refractivity contribution in [3.63, 3.8) is 0 Å². The van der Waals surface area contributed by atoms with E-state index in [0.717, 1.165) is 12.8 Å². The Hall–Kier alpha value is -0.240. The summed E-state index contributed by atoms with van der Waals surface area (Å²) >= 11 is 12.2. The van der Waals surface area contributed by atoms with Crippen LogP contribution >= 0.6 is 23.2 Å². The van der Waals surface area contributed by atoms with E-state index >= 15 is 0 Å². The average molecular weight is 303 g/mol. The fourth-order valence-corrected chi connectivity index (χ4v) is 2.92. The molecule has 0 fully saturated rings. The third-order valence-electron chi connectivity index (χ3n) is 3.41. The molecular weight excluding hydrogens is 279 g/mol. The molecule has 0 spiro atoms. The topological polar surface area (TPSA) is 20.2 Å². The molecule has 0 amide bonds. The Bertz CT molecular complexity index is 346. The summed E-state index contributed by atoms with van der Waals surface area (Å²) in [6, 6.07) is 5.35. The molecule has 1 N–H and O–H groups in total. The molecule has 0 aliphatic heterocycles. The maximum absolute atomic E-state index is 10.2. The minimum atomic E-state index is -0.545. The van der Waals surface area contributed by atoms with Gasteiger partial charge >= 0.3 is 0 Å². The largest absolute Gasteiger partial charge is 0.388 e. The van der Waals surface area contributed by atoms with Gasteiger partial charge < -0.3 is 5.11 Å². The highest BCUT2D eigenvalue weighted by Crippen LogP contribution is 2.32. The van der Waals surface area contributed by atoms with Crippen LogP contribution in [0.1, 0.15) is 70.0 Å². The highest BCUT2D eigenvalue weighted by atomic mass is 35.5. The van der Waals surface area contributed by atoms with Gasteiger partial charge in [0.05, 0.1) is 6.10 Å². The summed E-state index contributed by atoms with van der Waals surface area (Å²) in [4.78, 5) is 0. The number of unbranched alkanes of at least 4 members (excludes halogenated alkanes) is 6. The van der Waals surface area contributed by atoms with Gasteiger partial charge in [0.2, 0.25) is 0 Å². The zero-order valence-corrected chi connectivity index (χ0v) is 13.2. The summed E-state index contributed by atoms with van der Waals surface area (Å²) in [6.45, 7) is 2.23. The lowest BCUT2D eigenvalue weighted by Gasteiger charge is -2.14. The summed E-state index contributed by atoms with van der Waals surface area (Å²) in [6.07, 6.45) is 8.88. The zero-order valence-electron chi connectivity index (χ0n) is 11.7. The summed E-state index contributed by atoms with van der Waals surface area (Å²) in [5.41, 5.74) is 0.678. The Kier molecular flexibility index (Phi) is 8.52. The molecular formula is C16H24Cl2O. The molecule has 0 saturated heterocycles. The van der Waals surface area contributed by atoms with E-state index in [4.69, 9.17) is 23.2 Å². The van der Waals surface area contributed by atoms with Gasteiger partial charge in [-0.05, 0) is 18.6 Å². The molecule has 1 rings (SSSR count). The zero-order chi connectivity index (χ0) is 14.1. The Morgan fingerprint density at radius 2 is 1.47 bits per heavy atom. The molecule has 0 saturated carbocycles. The van der Waals surface area contributed by atoms with Gasteiger partial charge in [-0.2, -0.15) is 0 Å². The second kappa shape index (κ2) is 9.63. The van der Waals surface area contributed by atoms with Crippen molar-refractivity contribution in [1.29, 1.82) is 0 Å². The van der Waals surface area contributed by atoms with Crippen LogP contribution < -0.4 is 0 Å². The van der Waals surface area contributed by atoms with E-state index in [1.54, 1.807) is 18.2 Å². The van der Waals surface area contributed by atoms with Crippen LogP contribution in [-0.2, 0) is 0 Å². The Morgan fingerprint density at radius 3 is 2.05 bits per heavy atom. The molecule has 108 valence electrons. The molecule has 1 unspecified atom stereocenters. The van der Waals surface area contributed by atoms with Gasteiger partial charge in [-0.1, -0.05) is 81.1 Å². The van der Waals surface area contributed by atoms with Crippen molar-refractivity contribution in [1.82, 2.24) is 0 Å². The first-order valence-electron chi connectivity index (χ1n) is 7.28. The van der Waals surface area contributed by atoms with E-state index in [-0.39, 0.29) is 0 Å². The first-order chi connectivity index (χ1) is 9.16. The highest BCUT2D eigenvalue weighted by Gasteiger charge is 2.14. The minimum Gasteiger partial charge on any atom is -0.388 e. The maximum Gasteiger partial charge on any atom is 0.0819 e. The van der Waals surface area contributed by atoms with E-state index in [1.807, 2.05) is 0 Å². The fourth-order valence-electron chi connectivity index (χ4n) is 2.27. The lowest BCUT2D eigenvalue weighted by atomic mass is 10.0. The van der Waals surface area contributed by atoms with E-state index < -0.39 is 6.10 Å². The monoisotopic (exact) mass is 302 g/mol. The van der Waals surface area contributed by atoms with Crippen molar-refractivity contribution in [2.75, 3.05) is 0 Å². The maximum atomic E-state index is 10.2. The van der Waals surface area contributed by atoms with E-state index in [2.05, 4.69) is 6.92 Å². The molecule has 0 aliphatic carbocycles. The number of hydrogen-bond acceptors (Lipinski definition) is 1. The average Bonchev–Trinajstić information content (AvgIpc) is 2.37. The number of halogens is 2. The van der Waals surface area contributed by atoms with Crippen LogP contribution in [0.25, 0.3) is 0 Å². The molecule has 1 aromatic rings. The molecule has 1 aromatic carbocycles. The molecule has 1 atom stereocenters. The highest BCUT2D eigenvalue weighted by molar-refractivity contribution is 6.36. The minimum absolute atomic E-state index is 0.545. The second-order valence-electron chi connectivity index (χ2n) is 5.06. The van der Waals surface area contributed by atoms with Gasteiger partial charge in [0.15, 0.2) is 0 Å². The molecule has 1 nitrogen and oxygen atoms in total. The first-order valence-corrected chi connectivity index (χ1v) is 8.04. The normalized spacial score (nSPS) is 12.6. The van der Waals surface area contributed by atoms with Crippen molar-refractivity contribution in [2.24, 2.45) is 0 Å². The summed E-state index contributed by atoms with van der Waals surface area (Å²) in [7, 11) is 0. The summed E-state index contributed by atoms with van der Waals surface area (Å²) < 4.78 is 0. The lowest BCUT2D eigenvalue weighted by Crippen LogP contribution is -1.99. The van der Waals surface area contributed by atoms with Crippen LogP contribution in [0.5, 0.6) is 0 Å². The van der Waals surface area contributed by atoms with Crippen LogP contribution in [-0.4, -0.2) is 5.11 Å². The third-order valence-corrected chi connectivity index (χ3v) is 4.07. The van der Waals surface area contributed by atoms with Crippen LogP contribution in [0, 0.1) is 0 Å². The lowest BCUT2D eigenvalue weighted by molar-refractivity contribution is 0.163. The molecule has 0 aromatic heterocycles. The van der Waals surface area contributed by atoms with Crippen molar-refractivity contribution < 1.29 is 5.11 Å². The van der Waals surface area contributed by atoms with E-state index in [0.29, 0.717) is 15.6 Å². The predicted octanol–water partition coefficient (Wildman–Crippen LogP) is 6.17. The number of benzene rings is 1. The predicted molar refractivity (Wildman–Crippen MR) is 84.0 cm³/mol. The summed E-state index contributed by atoms with van der Waals surface area (Å²) in [5.74, 6) is 0. The van der Waals surface area contributed by atoms with Crippen molar-refractivity contribution >= 4 is 23.2 Å². The van der Waals surface area contributed by atoms with Crippen LogP contribution in [0.15, 0.2) is 18.2 Å². The molecule has 0 heterocycles. The Labute approximate surface area is 126 Å². The SMILES string of the molecule is CCCCCCCCCC(O)c1c(Cl)cccc1Cl. The number of hydrogen-bond donors (Lipinski definition) is 1. The van der Waals surface area contributed by atoms with Gasteiger partial charge in [0, 0.05) is 15.6 Å². The van der Waals surface area contributed by atoms with Gasteiger partial charge in [-0.15, -0.1) is 0 Å². The van der Waals surface area contributed by atoms with E-state index in [1.165, 1.54) is 38.5 Å². The first kappa shape index (κ1) is 16.8. The third kappa shape index (κ3) is 6.16. The number of aliphatic hydroxyl groups excluding tert-OH is 1. The molecule has 3 heteroatoms. The Morgan fingerprint density at radius 1 is 0.947 bits per heavy atom. The standard InChI is InChI=1S/C16H24Cl2O/c1-2-3-4-5-6-7-8-12-15(19)16-13(17)10-9-11-14(16)18/h9-11,15,19H,2-8,12H2,1H3. The molecule has 19 heavy (non-hydrogen) atoms. The second-order valence-corrected chi connectivity index (χ2v) is 5.88. The quantitative estimate of drug-likeness (QED) is 0.541. The van der Waals surface area contributed by atoms with Gasteiger partial charge in [-0.25, -0.2) is 0 Å². The Balaban J connectivity index is 2.26. The number of aliphatic hydroxyl groups is 1. The summed E-state index contributed by atoms with van der Waals surface area (Å²) in [5, 5.41) is 11.3. The van der Waals surface area contributed by atoms with Crippen molar-refractivity contribution in [3.8, 4) is 0 Å². The van der Waals surface area contributed by atoms with Gasteiger partial charge in [-0.3, -0.25) is 0 Å². The fraction of sp³-hybridized carbons (Fsp3) is 0.625. The van der Waals surface area contributed by atoms with Crippen LogP contribution in [0.2, 0.25) is 10.0 Å². The molecule has 0 aliphatic rings. The smallest absolute Gasteiger partial charge is 0.0819 e.